The number of anilines is 2. The van der Waals surface area contributed by atoms with E-state index in [9.17, 15) is 4.39 Å². The average molecular weight is 434 g/mol. The molecule has 1 saturated heterocycles. The van der Waals surface area contributed by atoms with Crippen LogP contribution in [0.25, 0.3) is 16.4 Å². The Kier molecular flexibility index (Phi) is 5.17. The van der Waals surface area contributed by atoms with Crippen molar-refractivity contribution >= 4 is 28.1 Å². The number of piperazine rings is 1. The maximum atomic E-state index is 14.3. The minimum atomic E-state index is -0.228. The molecule has 2 N–H and O–H groups in total. The van der Waals surface area contributed by atoms with Crippen molar-refractivity contribution in [2.24, 2.45) is 0 Å². The van der Waals surface area contributed by atoms with Crippen molar-refractivity contribution in [2.75, 3.05) is 23.3 Å². The lowest BCUT2D eigenvalue weighted by molar-refractivity contribution is 0.404. The number of hydrogen-bond acceptors (Lipinski definition) is 6. The van der Waals surface area contributed by atoms with Crippen molar-refractivity contribution in [2.45, 2.75) is 45.8 Å². The van der Waals surface area contributed by atoms with Crippen molar-refractivity contribution in [3.63, 3.8) is 0 Å². The summed E-state index contributed by atoms with van der Waals surface area (Å²) in [5, 5.41) is 12.3. The van der Waals surface area contributed by atoms with E-state index in [1.54, 1.807) is 17.8 Å². The Bertz CT molecular complexity index is 1270. The summed E-state index contributed by atoms with van der Waals surface area (Å²) in [6.07, 6.45) is 3.45. The molecule has 0 unspecified atom stereocenters. The second-order valence-corrected chi connectivity index (χ2v) is 8.83. The van der Waals surface area contributed by atoms with E-state index in [1.807, 2.05) is 24.4 Å². The molecule has 32 heavy (non-hydrogen) atoms. The highest BCUT2D eigenvalue weighted by atomic mass is 19.1. The van der Waals surface area contributed by atoms with Crippen molar-refractivity contribution in [3.05, 3.63) is 59.8 Å². The van der Waals surface area contributed by atoms with E-state index in [2.05, 4.69) is 52.5 Å². The van der Waals surface area contributed by atoms with Gasteiger partial charge in [0.2, 0.25) is 0 Å². The molecule has 4 heterocycles. The summed E-state index contributed by atoms with van der Waals surface area (Å²) in [6, 6.07) is 10.0. The molecule has 1 aromatic carbocycles. The molecule has 5 rings (SSSR count). The monoisotopic (exact) mass is 433 g/mol. The third-order valence-electron chi connectivity index (χ3n) is 6.19. The summed E-state index contributed by atoms with van der Waals surface area (Å²) in [6.45, 7) is 9.95. The summed E-state index contributed by atoms with van der Waals surface area (Å²) >= 11 is 0. The van der Waals surface area contributed by atoms with Crippen molar-refractivity contribution in [1.29, 1.82) is 0 Å². The van der Waals surface area contributed by atoms with Crippen molar-refractivity contribution < 1.29 is 4.39 Å². The van der Waals surface area contributed by atoms with E-state index in [0.717, 1.165) is 41.2 Å². The molecule has 1 aliphatic heterocycles. The molecular weight excluding hydrogens is 405 g/mol. The van der Waals surface area contributed by atoms with Gasteiger partial charge in [-0.1, -0.05) is 0 Å². The number of nitrogens with one attached hydrogen (secondary N) is 2. The first-order chi connectivity index (χ1) is 15.4. The van der Waals surface area contributed by atoms with Gasteiger partial charge in [-0.2, -0.15) is 5.10 Å². The second kappa shape index (κ2) is 8.02. The molecule has 0 amide bonds. The molecule has 1 fully saturated rings. The SMILES string of the molecule is Cc1c(F)ccc2cc([C@H](C)Nc3ncnn4cccc34)c(N3C[C@@H](C)N[C@@H](C)C3)nc12. The molecule has 1 aliphatic rings. The first-order valence-corrected chi connectivity index (χ1v) is 11.1. The number of nitrogens with zero attached hydrogens (tertiary/aromatic N) is 5. The molecule has 166 valence electrons. The number of hydrogen-bond donors (Lipinski definition) is 2. The molecule has 3 atom stereocenters. The van der Waals surface area contributed by atoms with E-state index in [0.29, 0.717) is 23.2 Å². The zero-order chi connectivity index (χ0) is 22.4. The van der Waals surface area contributed by atoms with Crippen molar-refractivity contribution in [1.82, 2.24) is 24.9 Å². The fraction of sp³-hybridized carbons (Fsp3) is 0.375. The number of halogens is 1. The van der Waals surface area contributed by atoms with Crippen LogP contribution in [-0.4, -0.2) is 44.8 Å². The van der Waals surface area contributed by atoms with Crippen LogP contribution in [-0.2, 0) is 0 Å². The number of benzene rings is 1. The van der Waals surface area contributed by atoms with Gasteiger partial charge in [0.1, 0.15) is 23.5 Å². The molecule has 0 bridgehead atoms. The smallest absolute Gasteiger partial charge is 0.154 e. The quantitative estimate of drug-likeness (QED) is 0.505. The summed E-state index contributed by atoms with van der Waals surface area (Å²) in [4.78, 5) is 11.8. The van der Waals surface area contributed by atoms with Gasteiger partial charge in [0.25, 0.3) is 0 Å². The minimum Gasteiger partial charge on any atom is -0.362 e. The Labute approximate surface area is 186 Å². The third-order valence-corrected chi connectivity index (χ3v) is 6.19. The Morgan fingerprint density at radius 3 is 2.75 bits per heavy atom. The van der Waals surface area contributed by atoms with Gasteiger partial charge in [0, 0.05) is 47.9 Å². The molecule has 0 radical (unpaired) electrons. The third kappa shape index (κ3) is 3.64. The van der Waals surface area contributed by atoms with Gasteiger partial charge in [0.05, 0.1) is 11.6 Å². The lowest BCUT2D eigenvalue weighted by Gasteiger charge is -2.38. The van der Waals surface area contributed by atoms with Crippen LogP contribution in [0.3, 0.4) is 0 Å². The highest BCUT2D eigenvalue weighted by Gasteiger charge is 2.26. The fourth-order valence-corrected chi connectivity index (χ4v) is 4.70. The number of pyridine rings is 1. The first-order valence-electron chi connectivity index (χ1n) is 11.1. The van der Waals surface area contributed by atoms with Crippen LogP contribution < -0.4 is 15.5 Å². The maximum Gasteiger partial charge on any atom is 0.154 e. The summed E-state index contributed by atoms with van der Waals surface area (Å²) < 4.78 is 16.1. The van der Waals surface area contributed by atoms with Crippen LogP contribution in [0.4, 0.5) is 16.0 Å². The van der Waals surface area contributed by atoms with Crippen LogP contribution in [0.2, 0.25) is 0 Å². The van der Waals surface area contributed by atoms with E-state index in [4.69, 9.17) is 4.98 Å². The molecule has 7 nitrogen and oxygen atoms in total. The van der Waals surface area contributed by atoms with Gasteiger partial charge in [0.15, 0.2) is 5.82 Å². The Balaban J connectivity index is 1.61. The highest BCUT2D eigenvalue weighted by Crippen LogP contribution is 2.33. The van der Waals surface area contributed by atoms with E-state index >= 15 is 0 Å². The minimum absolute atomic E-state index is 0.0682. The number of rotatable bonds is 4. The normalized spacial score (nSPS) is 20.1. The van der Waals surface area contributed by atoms with E-state index in [-0.39, 0.29) is 11.9 Å². The molecule has 0 aliphatic carbocycles. The number of aromatic nitrogens is 4. The maximum absolute atomic E-state index is 14.3. The highest BCUT2D eigenvalue weighted by molar-refractivity contribution is 5.85. The van der Waals surface area contributed by atoms with E-state index < -0.39 is 0 Å². The standard InChI is InChI=1S/C24H28FN7/c1-14-11-31(12-15(2)28-14)24-19(10-18-7-8-20(25)16(3)22(18)30-24)17(4)29-23-21-6-5-9-32(21)27-13-26-23/h5-10,13-15,17,28H,11-12H2,1-4H3,(H,26,27,29)/t14-,15+,17-/m0/s1. The molecule has 3 aromatic heterocycles. The number of aryl methyl sites for hydroxylation is 1. The van der Waals surface area contributed by atoms with Gasteiger partial charge in [-0.25, -0.2) is 18.9 Å². The average Bonchev–Trinajstić information content (AvgIpc) is 3.25. The van der Waals surface area contributed by atoms with Gasteiger partial charge in [-0.15, -0.1) is 0 Å². The molecule has 4 aromatic rings. The molecule has 8 heteroatoms. The molecule has 0 saturated carbocycles. The van der Waals surface area contributed by atoms with Gasteiger partial charge in [-0.3, -0.25) is 0 Å². The zero-order valence-corrected chi connectivity index (χ0v) is 18.8. The van der Waals surface area contributed by atoms with E-state index in [1.165, 1.54) is 6.07 Å². The van der Waals surface area contributed by atoms with Gasteiger partial charge in [-0.05, 0) is 58.0 Å². The van der Waals surface area contributed by atoms with Crippen LogP contribution >= 0.6 is 0 Å². The topological polar surface area (TPSA) is 70.4 Å². The van der Waals surface area contributed by atoms with Crippen molar-refractivity contribution in [3.8, 4) is 0 Å². The Hall–Kier alpha value is -3.26. The summed E-state index contributed by atoms with van der Waals surface area (Å²) in [7, 11) is 0. The predicted octanol–water partition coefficient (Wildman–Crippen LogP) is 4.08. The zero-order valence-electron chi connectivity index (χ0n) is 18.8. The van der Waals surface area contributed by atoms with Crippen LogP contribution in [0.1, 0.15) is 37.9 Å². The predicted molar refractivity (Wildman–Crippen MR) is 126 cm³/mol. The molecule has 0 spiro atoms. The van der Waals surface area contributed by atoms with Crippen LogP contribution in [0.15, 0.2) is 42.9 Å². The van der Waals surface area contributed by atoms with Gasteiger partial charge >= 0.3 is 0 Å². The lowest BCUT2D eigenvalue weighted by Crippen LogP contribution is -2.54. The van der Waals surface area contributed by atoms with Crippen LogP contribution in [0.5, 0.6) is 0 Å². The number of fused-ring (bicyclic) bond motifs is 2. The Morgan fingerprint density at radius 2 is 1.97 bits per heavy atom. The van der Waals surface area contributed by atoms with Crippen LogP contribution in [0, 0.1) is 12.7 Å². The molecular formula is C24H28FN7. The largest absolute Gasteiger partial charge is 0.362 e. The summed E-state index contributed by atoms with van der Waals surface area (Å²) in [5.41, 5.74) is 3.27. The first kappa shape index (κ1) is 20.6. The Morgan fingerprint density at radius 1 is 1.19 bits per heavy atom. The second-order valence-electron chi connectivity index (χ2n) is 8.83. The van der Waals surface area contributed by atoms with Gasteiger partial charge < -0.3 is 15.5 Å². The fourth-order valence-electron chi connectivity index (χ4n) is 4.70. The lowest BCUT2D eigenvalue weighted by atomic mass is 10.0. The summed E-state index contributed by atoms with van der Waals surface area (Å²) in [5.74, 6) is 1.43.